The maximum Gasteiger partial charge on any atom is 0.228 e. The summed E-state index contributed by atoms with van der Waals surface area (Å²) < 4.78 is 0. The van der Waals surface area contributed by atoms with Crippen LogP contribution < -0.4 is 5.32 Å². The zero-order chi connectivity index (χ0) is 19.9. The Morgan fingerprint density at radius 1 is 1.04 bits per heavy atom. The average molecular weight is 383 g/mol. The largest absolute Gasteiger partial charge is 0.324 e. The third kappa shape index (κ3) is 4.76. The maximum absolute atomic E-state index is 8.88. The number of aromatic nitrogens is 2. The molecule has 28 heavy (non-hydrogen) atoms. The summed E-state index contributed by atoms with van der Waals surface area (Å²) in [5.74, 6) is 0.499. The Morgan fingerprint density at radius 3 is 2.39 bits per heavy atom. The van der Waals surface area contributed by atoms with Crippen LogP contribution in [-0.2, 0) is 0 Å². The van der Waals surface area contributed by atoms with Crippen molar-refractivity contribution in [2.45, 2.75) is 23.8 Å². The number of hydrogen-bond acceptors (Lipinski definition) is 6. The fourth-order valence-electron chi connectivity index (χ4n) is 2.70. The van der Waals surface area contributed by atoms with Crippen molar-refractivity contribution in [1.82, 2.24) is 9.97 Å². The lowest BCUT2D eigenvalue weighted by molar-refractivity contribution is 1.05. The van der Waals surface area contributed by atoms with Crippen molar-refractivity contribution in [3.8, 4) is 12.1 Å². The van der Waals surface area contributed by atoms with Gasteiger partial charge in [-0.15, -0.1) is 0 Å². The number of rotatable bonds is 5. The van der Waals surface area contributed by atoms with Crippen molar-refractivity contribution >= 4 is 29.5 Å². The maximum atomic E-state index is 8.88. The van der Waals surface area contributed by atoms with Gasteiger partial charge in [0.25, 0.3) is 0 Å². The predicted molar refractivity (Wildman–Crippen MR) is 111 cm³/mol. The SMILES string of the molecule is Cc1cc(/C=C\C#N)cc(C)c1Sc1ccnc(Nc2ccc(C#N)cc2)n1. The van der Waals surface area contributed by atoms with Gasteiger partial charge in [-0.05, 0) is 66.9 Å². The third-order valence-electron chi connectivity index (χ3n) is 3.94. The fourth-order valence-corrected chi connectivity index (χ4v) is 3.61. The topological polar surface area (TPSA) is 85.4 Å². The lowest BCUT2D eigenvalue weighted by atomic mass is 10.1. The quantitative estimate of drug-likeness (QED) is 0.469. The number of nitrogens with one attached hydrogen (secondary N) is 1. The van der Waals surface area contributed by atoms with Gasteiger partial charge in [0.15, 0.2) is 0 Å². The molecule has 5 nitrogen and oxygen atoms in total. The zero-order valence-electron chi connectivity index (χ0n) is 15.5. The van der Waals surface area contributed by atoms with E-state index < -0.39 is 0 Å². The van der Waals surface area contributed by atoms with Gasteiger partial charge in [-0.1, -0.05) is 23.9 Å². The van der Waals surface area contributed by atoms with Crippen molar-refractivity contribution in [3.05, 3.63) is 77.0 Å². The van der Waals surface area contributed by atoms with Crippen LogP contribution in [-0.4, -0.2) is 9.97 Å². The first-order valence-electron chi connectivity index (χ1n) is 8.54. The van der Waals surface area contributed by atoms with E-state index in [1.807, 2.05) is 24.3 Å². The molecule has 0 atom stereocenters. The molecule has 3 aromatic rings. The molecule has 2 aromatic carbocycles. The molecular weight excluding hydrogens is 366 g/mol. The first kappa shape index (κ1) is 19.2. The lowest BCUT2D eigenvalue weighted by Gasteiger charge is -2.11. The Hall–Kier alpha value is -3.61. The molecule has 0 saturated heterocycles. The van der Waals surface area contributed by atoms with Gasteiger partial charge >= 0.3 is 0 Å². The van der Waals surface area contributed by atoms with Crippen LogP contribution in [0.25, 0.3) is 6.08 Å². The molecule has 0 aliphatic heterocycles. The van der Waals surface area contributed by atoms with Gasteiger partial charge in [0.05, 0.1) is 17.7 Å². The molecule has 3 rings (SSSR count). The molecule has 0 radical (unpaired) electrons. The Balaban J connectivity index is 1.80. The minimum absolute atomic E-state index is 0.499. The van der Waals surface area contributed by atoms with Gasteiger partial charge in [0.1, 0.15) is 5.03 Å². The Bertz CT molecular complexity index is 1080. The van der Waals surface area contributed by atoms with E-state index >= 15 is 0 Å². The standard InChI is InChI=1S/C22H17N5S/c1-15-12-18(4-3-10-23)13-16(2)21(15)28-20-9-11-25-22(27-20)26-19-7-5-17(14-24)6-8-19/h3-9,11-13H,1-2H3,(H,25,26,27)/b4-3-. The molecule has 0 aliphatic carbocycles. The Kier molecular flexibility index (Phi) is 6.06. The molecule has 0 fully saturated rings. The number of hydrogen-bond donors (Lipinski definition) is 1. The lowest BCUT2D eigenvalue weighted by Crippen LogP contribution is -1.97. The van der Waals surface area contributed by atoms with Crippen molar-refractivity contribution in [2.24, 2.45) is 0 Å². The van der Waals surface area contributed by atoms with Gasteiger partial charge in [-0.25, -0.2) is 9.97 Å². The number of nitriles is 2. The summed E-state index contributed by atoms with van der Waals surface area (Å²) in [5, 5.41) is 21.6. The number of benzene rings is 2. The molecule has 0 saturated carbocycles. The highest BCUT2D eigenvalue weighted by molar-refractivity contribution is 7.99. The molecule has 136 valence electrons. The molecule has 0 bridgehead atoms. The number of anilines is 2. The van der Waals surface area contributed by atoms with Gasteiger partial charge < -0.3 is 5.32 Å². The summed E-state index contributed by atoms with van der Waals surface area (Å²) in [6.07, 6.45) is 5.00. The van der Waals surface area contributed by atoms with Gasteiger partial charge in [0, 0.05) is 22.9 Å². The molecular formula is C22H17N5S. The van der Waals surface area contributed by atoms with Crippen LogP contribution in [0, 0.1) is 36.5 Å². The molecule has 1 heterocycles. The molecule has 0 unspecified atom stereocenters. The van der Waals surface area contributed by atoms with E-state index in [0.29, 0.717) is 11.5 Å². The number of aryl methyl sites for hydroxylation is 2. The van der Waals surface area contributed by atoms with E-state index in [4.69, 9.17) is 10.5 Å². The van der Waals surface area contributed by atoms with Crippen molar-refractivity contribution in [2.75, 3.05) is 5.32 Å². The highest BCUT2D eigenvalue weighted by Crippen LogP contribution is 2.33. The van der Waals surface area contributed by atoms with Crippen molar-refractivity contribution in [3.63, 3.8) is 0 Å². The van der Waals surface area contributed by atoms with Crippen LogP contribution in [0.15, 0.2) is 64.7 Å². The van der Waals surface area contributed by atoms with Crippen molar-refractivity contribution < 1.29 is 0 Å². The summed E-state index contributed by atoms with van der Waals surface area (Å²) in [7, 11) is 0. The van der Waals surface area contributed by atoms with E-state index in [9.17, 15) is 0 Å². The second-order valence-electron chi connectivity index (χ2n) is 6.08. The second-order valence-corrected chi connectivity index (χ2v) is 7.11. The number of nitrogens with zero attached hydrogens (tertiary/aromatic N) is 4. The van der Waals surface area contributed by atoms with E-state index in [2.05, 4.69) is 47.3 Å². The first-order chi connectivity index (χ1) is 13.6. The summed E-state index contributed by atoms with van der Waals surface area (Å²) in [4.78, 5) is 9.99. The molecule has 1 N–H and O–H groups in total. The number of allylic oxidation sites excluding steroid dienone is 1. The smallest absolute Gasteiger partial charge is 0.228 e. The molecule has 0 aliphatic rings. The predicted octanol–water partition coefficient (Wildman–Crippen LogP) is 5.40. The van der Waals surface area contributed by atoms with Crippen LogP contribution in [0.5, 0.6) is 0 Å². The normalized spacial score (nSPS) is 10.4. The summed E-state index contributed by atoms with van der Waals surface area (Å²) in [5.41, 5.74) is 4.69. The molecule has 1 aromatic heterocycles. The molecule has 0 amide bonds. The van der Waals surface area contributed by atoms with E-state index in [1.54, 1.807) is 36.2 Å². The van der Waals surface area contributed by atoms with Crippen molar-refractivity contribution in [1.29, 1.82) is 10.5 Å². The molecule has 0 spiro atoms. The summed E-state index contributed by atoms with van der Waals surface area (Å²) >= 11 is 1.58. The van der Waals surface area contributed by atoms with E-state index in [0.717, 1.165) is 32.3 Å². The second kappa shape index (κ2) is 8.85. The van der Waals surface area contributed by atoms with E-state index in [1.165, 1.54) is 6.08 Å². The zero-order valence-corrected chi connectivity index (χ0v) is 16.3. The van der Waals surface area contributed by atoms with Gasteiger partial charge in [-0.3, -0.25) is 0 Å². The molecule has 6 heteroatoms. The Labute approximate surface area is 168 Å². The van der Waals surface area contributed by atoms with Crippen LogP contribution in [0.3, 0.4) is 0 Å². The van der Waals surface area contributed by atoms with E-state index in [-0.39, 0.29) is 0 Å². The fraction of sp³-hybridized carbons (Fsp3) is 0.0909. The average Bonchev–Trinajstić information content (AvgIpc) is 2.70. The summed E-state index contributed by atoms with van der Waals surface area (Å²) in [6.45, 7) is 4.10. The van der Waals surface area contributed by atoms with Crippen LogP contribution in [0.1, 0.15) is 22.3 Å². The first-order valence-corrected chi connectivity index (χ1v) is 9.36. The Morgan fingerprint density at radius 2 is 1.75 bits per heavy atom. The monoisotopic (exact) mass is 383 g/mol. The summed E-state index contributed by atoms with van der Waals surface area (Å²) in [6, 6.07) is 17.2. The highest BCUT2D eigenvalue weighted by Gasteiger charge is 2.09. The minimum Gasteiger partial charge on any atom is -0.324 e. The van der Waals surface area contributed by atoms with Crippen LogP contribution in [0.2, 0.25) is 0 Å². The van der Waals surface area contributed by atoms with Crippen LogP contribution >= 0.6 is 11.8 Å². The highest BCUT2D eigenvalue weighted by atomic mass is 32.2. The van der Waals surface area contributed by atoms with Crippen LogP contribution in [0.4, 0.5) is 11.6 Å². The third-order valence-corrected chi connectivity index (χ3v) is 5.22. The minimum atomic E-state index is 0.499. The van der Waals surface area contributed by atoms with Gasteiger partial charge in [-0.2, -0.15) is 10.5 Å². The van der Waals surface area contributed by atoms with Gasteiger partial charge in [0.2, 0.25) is 5.95 Å².